The second-order valence-electron chi connectivity index (χ2n) is 11.5. The predicted molar refractivity (Wildman–Crippen MR) is 166 cm³/mol. The van der Waals surface area contributed by atoms with Crippen LogP contribution in [0.25, 0.3) is 0 Å². The fraction of sp³-hybridized carbons (Fsp3) is 0.743. The predicted octanol–water partition coefficient (Wildman–Crippen LogP) is 11.8. The minimum absolute atomic E-state index is 0.710. The van der Waals surface area contributed by atoms with Gasteiger partial charge < -0.3 is 0 Å². The van der Waals surface area contributed by atoms with Crippen molar-refractivity contribution in [3.63, 3.8) is 0 Å². The zero-order valence-corrected chi connectivity index (χ0v) is 24.7. The lowest BCUT2D eigenvalue weighted by atomic mass is 9.87. The zero-order chi connectivity index (χ0) is 26.2. The minimum Gasteiger partial charge on any atom is -0.147 e. The van der Waals surface area contributed by atoms with Crippen LogP contribution >= 0.6 is 0 Å². The van der Waals surface area contributed by atoms with Crippen LogP contribution in [-0.4, -0.2) is 12.4 Å². The van der Waals surface area contributed by atoms with E-state index in [2.05, 4.69) is 48.1 Å². The molecule has 1 aliphatic rings. The van der Waals surface area contributed by atoms with Crippen LogP contribution in [0.3, 0.4) is 0 Å². The van der Waals surface area contributed by atoms with Gasteiger partial charge in [-0.3, -0.25) is 0 Å². The molecule has 1 aromatic rings. The number of benzene rings is 1. The topological polar surface area (TPSA) is 24.7 Å². The molecule has 0 aliphatic carbocycles. The van der Waals surface area contributed by atoms with Crippen molar-refractivity contribution in [2.75, 3.05) is 0 Å². The van der Waals surface area contributed by atoms with E-state index in [-0.39, 0.29) is 0 Å². The summed E-state index contributed by atoms with van der Waals surface area (Å²) in [6.07, 6.45) is 37.0. The first-order valence-corrected chi connectivity index (χ1v) is 16.4. The standard InChI is InChI=1S/C35H59N2/c1-3-5-7-9-11-13-14-15-17-19-21-23-25-32(24-22-20-18-16-12-10-8-6-4-2)33-26-28-34(29-27-33)35-36-30-31-37-35/h26-32H,3-25H2,1-2H3/q+1. The molecule has 0 aromatic heterocycles. The summed E-state index contributed by atoms with van der Waals surface area (Å²) in [6.45, 7) is 4.60. The van der Waals surface area contributed by atoms with Crippen molar-refractivity contribution in [3.8, 4) is 0 Å². The van der Waals surface area contributed by atoms with Gasteiger partial charge >= 0.3 is 0 Å². The lowest BCUT2D eigenvalue weighted by Crippen LogP contribution is -2.01. The Balaban J connectivity index is 1.65. The third-order valence-corrected chi connectivity index (χ3v) is 8.16. The smallest absolute Gasteiger partial charge is 0.147 e. The van der Waals surface area contributed by atoms with Crippen molar-refractivity contribution in [2.24, 2.45) is 9.98 Å². The third kappa shape index (κ3) is 15.4. The molecule has 0 radical (unpaired) electrons. The van der Waals surface area contributed by atoms with Gasteiger partial charge in [-0.2, -0.15) is 0 Å². The van der Waals surface area contributed by atoms with Gasteiger partial charge in [0.2, 0.25) is 6.17 Å². The SMILES string of the molecule is CCCCCCCCCCCCCCC(CCCCCCCCCCC)c1ccc([C+]2N=CC=N2)cc1. The first-order valence-electron chi connectivity index (χ1n) is 16.4. The number of hydrogen-bond donors (Lipinski definition) is 0. The van der Waals surface area contributed by atoms with Crippen LogP contribution in [0.4, 0.5) is 0 Å². The molecule has 1 heterocycles. The largest absolute Gasteiger partial charge is 0.243 e. The van der Waals surface area contributed by atoms with Crippen molar-refractivity contribution in [1.82, 2.24) is 0 Å². The molecular formula is C35H59N2+. The maximum atomic E-state index is 4.36. The maximum absolute atomic E-state index is 4.36. The van der Waals surface area contributed by atoms with Gasteiger partial charge in [-0.25, -0.2) is 0 Å². The summed E-state index contributed by atoms with van der Waals surface area (Å²) in [4.78, 5) is 8.73. The Morgan fingerprint density at radius 3 is 1.22 bits per heavy atom. The van der Waals surface area contributed by atoms with Crippen molar-refractivity contribution >= 4 is 12.4 Å². The van der Waals surface area contributed by atoms with E-state index in [0.717, 1.165) is 11.7 Å². The molecule has 208 valence electrons. The Morgan fingerprint density at radius 1 is 0.486 bits per heavy atom. The van der Waals surface area contributed by atoms with Gasteiger partial charge in [0.05, 0.1) is 0 Å². The fourth-order valence-corrected chi connectivity index (χ4v) is 5.71. The molecule has 2 heteroatoms. The summed E-state index contributed by atoms with van der Waals surface area (Å²) in [5, 5.41) is 0. The highest BCUT2D eigenvalue weighted by atomic mass is 15.0. The first kappa shape index (κ1) is 31.6. The fourth-order valence-electron chi connectivity index (χ4n) is 5.71. The molecule has 0 bridgehead atoms. The average molecular weight is 508 g/mol. The van der Waals surface area contributed by atoms with Crippen molar-refractivity contribution in [3.05, 3.63) is 41.6 Å². The van der Waals surface area contributed by atoms with Crippen LogP contribution in [0.15, 0.2) is 34.3 Å². The molecular weight excluding hydrogens is 448 g/mol. The molecule has 1 aromatic carbocycles. The van der Waals surface area contributed by atoms with Gasteiger partial charge in [0, 0.05) is 12.1 Å². The highest BCUT2D eigenvalue weighted by Gasteiger charge is 2.19. The molecule has 0 spiro atoms. The number of nitrogens with zero attached hydrogens (tertiary/aromatic N) is 2. The summed E-state index contributed by atoms with van der Waals surface area (Å²) in [7, 11) is 0. The van der Waals surface area contributed by atoms with E-state index in [1.807, 2.05) is 0 Å². The number of hydrogen-bond acceptors (Lipinski definition) is 2. The molecule has 1 unspecified atom stereocenters. The lowest BCUT2D eigenvalue weighted by Gasteiger charge is -2.17. The van der Waals surface area contributed by atoms with Crippen molar-refractivity contribution in [2.45, 2.75) is 167 Å². The van der Waals surface area contributed by atoms with Crippen LogP contribution in [0.1, 0.15) is 179 Å². The summed E-state index contributed by atoms with van der Waals surface area (Å²) in [6, 6.07) is 9.17. The highest BCUT2D eigenvalue weighted by molar-refractivity contribution is 6.18. The monoisotopic (exact) mass is 507 g/mol. The molecule has 0 amide bonds. The molecule has 0 saturated carbocycles. The molecule has 0 fully saturated rings. The van der Waals surface area contributed by atoms with E-state index in [1.165, 1.54) is 153 Å². The third-order valence-electron chi connectivity index (χ3n) is 8.16. The molecule has 0 N–H and O–H groups in total. The highest BCUT2D eigenvalue weighted by Crippen LogP contribution is 2.30. The van der Waals surface area contributed by atoms with E-state index in [0.29, 0.717) is 5.92 Å². The first-order chi connectivity index (χ1) is 18.3. The van der Waals surface area contributed by atoms with Crippen molar-refractivity contribution in [1.29, 1.82) is 0 Å². The van der Waals surface area contributed by atoms with Crippen LogP contribution in [0.2, 0.25) is 0 Å². The molecule has 0 saturated heterocycles. The average Bonchev–Trinajstić information content (AvgIpc) is 3.47. The van der Waals surface area contributed by atoms with Crippen LogP contribution in [-0.2, 0) is 0 Å². The van der Waals surface area contributed by atoms with E-state index in [9.17, 15) is 0 Å². The van der Waals surface area contributed by atoms with E-state index < -0.39 is 0 Å². The summed E-state index contributed by atoms with van der Waals surface area (Å²) < 4.78 is 0. The van der Waals surface area contributed by atoms with E-state index in [1.54, 1.807) is 12.4 Å². The van der Waals surface area contributed by atoms with Crippen LogP contribution in [0.5, 0.6) is 0 Å². The van der Waals surface area contributed by atoms with Crippen LogP contribution < -0.4 is 0 Å². The Labute approximate surface area is 231 Å². The Kier molecular flexibility index (Phi) is 19.2. The van der Waals surface area contributed by atoms with Crippen molar-refractivity contribution < 1.29 is 0 Å². The van der Waals surface area contributed by atoms with Crippen LogP contribution in [0, 0.1) is 6.17 Å². The molecule has 2 nitrogen and oxygen atoms in total. The minimum atomic E-state index is 0.710. The second-order valence-corrected chi connectivity index (χ2v) is 11.5. The Morgan fingerprint density at radius 2 is 0.838 bits per heavy atom. The number of aliphatic imine (C=N–C) groups is 2. The molecule has 1 aliphatic heterocycles. The lowest BCUT2D eigenvalue weighted by molar-refractivity contribution is 0.481. The van der Waals surface area contributed by atoms with Gasteiger partial charge in [-0.1, -0.05) is 149 Å². The number of rotatable bonds is 25. The summed E-state index contributed by atoms with van der Waals surface area (Å²) in [5.41, 5.74) is 2.67. The zero-order valence-electron chi connectivity index (χ0n) is 24.7. The van der Waals surface area contributed by atoms with Gasteiger partial charge in [0.1, 0.15) is 18.0 Å². The molecule has 1 atom stereocenters. The molecule has 2 rings (SSSR count). The Hall–Kier alpha value is -1.57. The normalized spacial score (nSPS) is 13.6. The van der Waals surface area contributed by atoms with E-state index >= 15 is 0 Å². The van der Waals surface area contributed by atoms with Gasteiger partial charge in [-0.05, 0) is 36.5 Å². The molecule has 37 heavy (non-hydrogen) atoms. The van der Waals surface area contributed by atoms with Gasteiger partial charge in [0.25, 0.3) is 0 Å². The van der Waals surface area contributed by atoms with Gasteiger partial charge in [0.15, 0.2) is 0 Å². The summed E-state index contributed by atoms with van der Waals surface area (Å²) in [5.74, 6) is 0.710. The number of unbranched alkanes of at least 4 members (excludes halogenated alkanes) is 19. The quantitative estimate of drug-likeness (QED) is 0.0928. The Bertz CT molecular complexity index is 678. The van der Waals surface area contributed by atoms with Gasteiger partial charge in [-0.15, -0.1) is 9.98 Å². The summed E-state index contributed by atoms with van der Waals surface area (Å²) >= 11 is 0. The second kappa shape index (κ2) is 22.4. The van der Waals surface area contributed by atoms with E-state index in [4.69, 9.17) is 0 Å². The maximum Gasteiger partial charge on any atom is 0.243 e.